The van der Waals surface area contributed by atoms with Crippen molar-refractivity contribution in [1.82, 2.24) is 20.2 Å². The van der Waals surface area contributed by atoms with Crippen LogP contribution in [0.15, 0.2) is 30.6 Å². The van der Waals surface area contributed by atoms with E-state index in [4.69, 9.17) is 4.74 Å². The quantitative estimate of drug-likeness (QED) is 0.744. The van der Waals surface area contributed by atoms with E-state index < -0.39 is 0 Å². The molecule has 0 saturated carbocycles. The third-order valence-electron chi connectivity index (χ3n) is 4.30. The van der Waals surface area contributed by atoms with E-state index in [-0.39, 0.29) is 17.2 Å². The van der Waals surface area contributed by atoms with Gasteiger partial charge in [0.15, 0.2) is 0 Å². The molecule has 0 spiro atoms. The molecule has 1 aromatic carbocycles. The number of H-pyrrole nitrogens is 1. The van der Waals surface area contributed by atoms with Crippen LogP contribution >= 0.6 is 0 Å². The number of hydrogen-bond donors (Lipinski definition) is 3. The van der Waals surface area contributed by atoms with E-state index in [1.807, 2.05) is 6.20 Å². The van der Waals surface area contributed by atoms with Gasteiger partial charge in [0, 0.05) is 31.5 Å². The van der Waals surface area contributed by atoms with Gasteiger partial charge in [-0.2, -0.15) is 0 Å². The minimum Gasteiger partial charge on any atom is -0.507 e. The molecule has 24 heavy (non-hydrogen) atoms. The monoisotopic (exact) mass is 330 g/mol. The van der Waals surface area contributed by atoms with Crippen molar-refractivity contribution in [3.63, 3.8) is 0 Å². The summed E-state index contributed by atoms with van der Waals surface area (Å²) in [5, 5.41) is 12.8. The first-order valence-corrected chi connectivity index (χ1v) is 8.01. The number of hydrogen-bond acceptors (Lipinski definition) is 5. The summed E-state index contributed by atoms with van der Waals surface area (Å²) < 4.78 is 5.02. The Morgan fingerprint density at radius 3 is 3.12 bits per heavy atom. The maximum absolute atomic E-state index is 12.2. The highest BCUT2D eigenvalue weighted by molar-refractivity contribution is 5.97. The lowest BCUT2D eigenvalue weighted by atomic mass is 10.1. The SMILES string of the molecule is COc1ccc(C(=O)NC[C@H]2CCN(Cc3ncc[nH]3)C2)c(O)c1. The number of methoxy groups -OCH3 is 1. The third kappa shape index (κ3) is 3.86. The van der Waals surface area contributed by atoms with Gasteiger partial charge in [0.05, 0.1) is 19.2 Å². The molecule has 1 amide bonds. The van der Waals surface area contributed by atoms with Crippen LogP contribution < -0.4 is 10.1 Å². The van der Waals surface area contributed by atoms with Crippen LogP contribution in [-0.2, 0) is 6.54 Å². The van der Waals surface area contributed by atoms with Crippen LogP contribution in [0.1, 0.15) is 22.6 Å². The number of likely N-dealkylation sites (tertiary alicyclic amines) is 1. The minimum absolute atomic E-state index is 0.0716. The van der Waals surface area contributed by atoms with Crippen LogP contribution in [0.5, 0.6) is 11.5 Å². The summed E-state index contributed by atoms with van der Waals surface area (Å²) in [5.41, 5.74) is 0.265. The summed E-state index contributed by atoms with van der Waals surface area (Å²) >= 11 is 0. The molecule has 0 bridgehead atoms. The van der Waals surface area contributed by atoms with E-state index in [0.29, 0.717) is 18.2 Å². The van der Waals surface area contributed by atoms with Crippen LogP contribution in [0.2, 0.25) is 0 Å². The van der Waals surface area contributed by atoms with Gasteiger partial charge in [0.2, 0.25) is 0 Å². The lowest BCUT2D eigenvalue weighted by molar-refractivity contribution is 0.0944. The molecule has 2 aromatic rings. The third-order valence-corrected chi connectivity index (χ3v) is 4.30. The van der Waals surface area contributed by atoms with E-state index >= 15 is 0 Å². The van der Waals surface area contributed by atoms with Crippen molar-refractivity contribution < 1.29 is 14.6 Å². The zero-order valence-electron chi connectivity index (χ0n) is 13.7. The van der Waals surface area contributed by atoms with Gasteiger partial charge in [-0.25, -0.2) is 4.98 Å². The molecule has 0 unspecified atom stereocenters. The van der Waals surface area contributed by atoms with E-state index in [9.17, 15) is 9.90 Å². The molecular weight excluding hydrogens is 308 g/mol. The number of ether oxygens (including phenoxy) is 1. The van der Waals surface area contributed by atoms with Crippen LogP contribution in [0.4, 0.5) is 0 Å². The van der Waals surface area contributed by atoms with Gasteiger partial charge in [-0.1, -0.05) is 0 Å². The number of aromatic hydroxyl groups is 1. The standard InChI is InChI=1S/C17H22N4O3/c1-24-13-2-3-14(15(22)8-13)17(23)20-9-12-4-7-21(10-12)11-16-18-5-6-19-16/h2-3,5-6,8,12,22H,4,7,9-11H2,1H3,(H,18,19)(H,20,23)/t12-/m1/s1. The van der Waals surface area contributed by atoms with E-state index in [1.54, 1.807) is 18.3 Å². The highest BCUT2D eigenvalue weighted by Gasteiger charge is 2.24. The number of rotatable bonds is 6. The Kier molecular flexibility index (Phi) is 5.00. The average Bonchev–Trinajstić information content (AvgIpc) is 3.25. The first-order chi connectivity index (χ1) is 11.7. The van der Waals surface area contributed by atoms with Crippen molar-refractivity contribution in [2.75, 3.05) is 26.7 Å². The van der Waals surface area contributed by atoms with Gasteiger partial charge >= 0.3 is 0 Å². The van der Waals surface area contributed by atoms with E-state index in [0.717, 1.165) is 31.9 Å². The highest BCUT2D eigenvalue weighted by Crippen LogP contribution is 2.23. The van der Waals surface area contributed by atoms with Gasteiger partial charge < -0.3 is 20.1 Å². The van der Waals surface area contributed by atoms with Gasteiger partial charge in [-0.15, -0.1) is 0 Å². The number of aromatic nitrogens is 2. The van der Waals surface area contributed by atoms with Gasteiger partial charge in [0.1, 0.15) is 17.3 Å². The van der Waals surface area contributed by atoms with Gasteiger partial charge in [0.25, 0.3) is 5.91 Å². The molecule has 1 atom stereocenters. The number of carbonyl (C=O) groups excluding carboxylic acids is 1. The summed E-state index contributed by atoms with van der Waals surface area (Å²) in [6.45, 7) is 3.32. The Bertz CT molecular complexity index is 687. The molecule has 128 valence electrons. The largest absolute Gasteiger partial charge is 0.507 e. The number of nitrogens with one attached hydrogen (secondary N) is 2. The minimum atomic E-state index is -0.264. The van der Waals surface area contributed by atoms with Crippen molar-refractivity contribution in [2.24, 2.45) is 5.92 Å². The Labute approximate surface area is 140 Å². The number of imidazole rings is 1. The Hall–Kier alpha value is -2.54. The predicted octanol–water partition coefficient (Wildman–Crippen LogP) is 1.38. The number of aromatic amines is 1. The second-order valence-corrected chi connectivity index (χ2v) is 6.02. The fourth-order valence-electron chi connectivity index (χ4n) is 2.98. The van der Waals surface area contributed by atoms with Gasteiger partial charge in [-0.05, 0) is 31.0 Å². The summed E-state index contributed by atoms with van der Waals surface area (Å²) in [6.07, 6.45) is 4.62. The molecule has 0 radical (unpaired) electrons. The molecule has 1 aliphatic rings. The summed E-state index contributed by atoms with van der Waals surface area (Å²) in [5.74, 6) is 1.55. The molecule has 1 aliphatic heterocycles. The van der Waals surface area contributed by atoms with Crippen molar-refractivity contribution in [1.29, 1.82) is 0 Å². The zero-order valence-corrected chi connectivity index (χ0v) is 13.7. The van der Waals surface area contributed by atoms with Crippen molar-refractivity contribution >= 4 is 5.91 Å². The van der Waals surface area contributed by atoms with Crippen molar-refractivity contribution in [3.8, 4) is 11.5 Å². The molecule has 0 aliphatic carbocycles. The second kappa shape index (κ2) is 7.35. The van der Waals surface area contributed by atoms with Crippen molar-refractivity contribution in [3.05, 3.63) is 42.0 Å². The Morgan fingerprint density at radius 2 is 2.42 bits per heavy atom. The van der Waals surface area contributed by atoms with E-state index in [1.165, 1.54) is 13.2 Å². The van der Waals surface area contributed by atoms with Crippen LogP contribution in [0, 0.1) is 5.92 Å². The first-order valence-electron chi connectivity index (χ1n) is 8.01. The highest BCUT2D eigenvalue weighted by atomic mass is 16.5. The maximum Gasteiger partial charge on any atom is 0.255 e. The number of benzene rings is 1. The van der Waals surface area contributed by atoms with Crippen molar-refractivity contribution in [2.45, 2.75) is 13.0 Å². The van der Waals surface area contributed by atoms with Crippen LogP contribution in [0.3, 0.4) is 0 Å². The molecule has 3 rings (SSSR count). The van der Waals surface area contributed by atoms with Crippen LogP contribution in [0.25, 0.3) is 0 Å². The average molecular weight is 330 g/mol. The Balaban J connectivity index is 1.48. The molecular formula is C17H22N4O3. The van der Waals surface area contributed by atoms with Crippen LogP contribution in [-0.4, -0.2) is 52.6 Å². The molecule has 7 nitrogen and oxygen atoms in total. The summed E-state index contributed by atoms with van der Waals surface area (Å²) in [7, 11) is 1.52. The molecule has 3 N–H and O–H groups in total. The molecule has 1 aromatic heterocycles. The second-order valence-electron chi connectivity index (χ2n) is 6.02. The summed E-state index contributed by atoms with van der Waals surface area (Å²) in [4.78, 5) is 21.9. The molecule has 1 saturated heterocycles. The maximum atomic E-state index is 12.2. The zero-order chi connectivity index (χ0) is 16.9. The number of nitrogens with zero attached hydrogens (tertiary/aromatic N) is 2. The molecule has 1 fully saturated rings. The lowest BCUT2D eigenvalue weighted by Gasteiger charge is -2.15. The Morgan fingerprint density at radius 1 is 1.54 bits per heavy atom. The van der Waals surface area contributed by atoms with E-state index in [2.05, 4.69) is 20.2 Å². The smallest absolute Gasteiger partial charge is 0.255 e. The lowest BCUT2D eigenvalue weighted by Crippen LogP contribution is -2.31. The predicted molar refractivity (Wildman–Crippen MR) is 89.0 cm³/mol. The summed E-state index contributed by atoms with van der Waals surface area (Å²) in [6, 6.07) is 4.67. The number of phenols is 1. The topological polar surface area (TPSA) is 90.5 Å². The normalized spacial score (nSPS) is 17.8. The number of carbonyl (C=O) groups is 1. The fourth-order valence-corrected chi connectivity index (χ4v) is 2.98. The molecule has 7 heteroatoms. The van der Waals surface area contributed by atoms with Gasteiger partial charge in [-0.3, -0.25) is 9.69 Å². The fraction of sp³-hybridized carbons (Fsp3) is 0.412. The number of phenolic OH excluding ortho intramolecular Hbond substituents is 1. The first kappa shape index (κ1) is 16.3. The number of amides is 1. The molecule has 2 heterocycles.